The highest BCUT2D eigenvalue weighted by Crippen LogP contribution is 2.03. The van der Waals surface area contributed by atoms with Crippen molar-refractivity contribution in [2.45, 2.75) is 61.2 Å². The Morgan fingerprint density at radius 3 is 0.841 bits per heavy atom. The average molecular weight is 636 g/mol. The van der Waals surface area contributed by atoms with Crippen LogP contribution in [0, 0.1) is 0 Å². The second-order valence-corrected chi connectivity index (χ2v) is 10.3. The summed E-state index contributed by atoms with van der Waals surface area (Å²) < 4.78 is 8.55. The molecule has 3 aromatic carbocycles. The minimum Gasteiger partial charge on any atom is -0.822 e. The lowest BCUT2D eigenvalue weighted by Crippen LogP contribution is -3.09. The molecule has 3 rings (SSSR count). The van der Waals surface area contributed by atoms with Crippen molar-refractivity contribution in [3.8, 4) is 0 Å². The van der Waals surface area contributed by atoms with Crippen molar-refractivity contribution in [2.75, 3.05) is 39.5 Å². The van der Waals surface area contributed by atoms with Gasteiger partial charge in [0.15, 0.2) is 0 Å². The zero-order chi connectivity index (χ0) is 33.1. The van der Waals surface area contributed by atoms with E-state index in [2.05, 4.69) is 93.6 Å². The zero-order valence-electron chi connectivity index (χ0n) is 27.3. The number of hydrogen-bond acceptors (Lipinski definition) is 7. The van der Waals surface area contributed by atoms with Gasteiger partial charge in [-0.15, -0.1) is 0 Å². The normalized spacial score (nSPS) is 12.7. The Bertz CT molecular complexity index is 946. The van der Waals surface area contributed by atoms with E-state index in [9.17, 15) is 0 Å². The fourth-order valence-corrected chi connectivity index (χ4v) is 3.92. The van der Waals surface area contributed by atoms with Gasteiger partial charge in [0.25, 0.3) is 0 Å². The summed E-state index contributed by atoms with van der Waals surface area (Å²) in [5.74, 6) is 0. The predicted molar refractivity (Wildman–Crippen MR) is 167 cm³/mol. The van der Waals surface area contributed by atoms with Crippen LogP contribution < -0.4 is 29.9 Å². The first kappa shape index (κ1) is 41.5. The summed E-state index contributed by atoms with van der Waals surface area (Å²) >= 11 is 0. The van der Waals surface area contributed by atoms with E-state index in [1.54, 1.807) is 0 Å². The van der Waals surface area contributed by atoms with E-state index in [-0.39, 0.29) is 0 Å². The molecule has 3 unspecified atom stereocenters. The van der Waals surface area contributed by atoms with Gasteiger partial charge >= 0.3 is 0 Å². The molecule has 3 N–H and O–H groups in total. The third kappa shape index (κ3) is 24.9. The van der Waals surface area contributed by atoms with Gasteiger partial charge in [-0.25, -0.2) is 14.5 Å². The molecule has 0 saturated heterocycles. The van der Waals surface area contributed by atoms with Crippen LogP contribution in [0.2, 0.25) is 0 Å². The Balaban J connectivity index is 0.000000585. The van der Waals surface area contributed by atoms with Gasteiger partial charge in [-0.1, -0.05) is 91.0 Å². The second kappa shape index (κ2) is 26.9. The summed E-state index contributed by atoms with van der Waals surface area (Å²) in [6, 6.07) is 31.3. The van der Waals surface area contributed by atoms with Crippen LogP contribution in [-0.4, -0.2) is 39.5 Å². The molecule has 0 fully saturated rings. The van der Waals surface area contributed by atoms with E-state index in [1.807, 2.05) is 39.0 Å². The van der Waals surface area contributed by atoms with Crippen LogP contribution in [0.1, 0.15) is 58.2 Å². The number of benzene rings is 3. The molecule has 0 aliphatic rings. The molecular formula is C33H54N3O7P. The molecule has 0 saturated carbocycles. The molecule has 0 aliphatic heterocycles. The van der Waals surface area contributed by atoms with Crippen molar-refractivity contribution in [1.29, 1.82) is 0 Å². The molecule has 0 radical (unpaired) electrons. The molecule has 0 aliphatic carbocycles. The Kier molecular flexibility index (Phi) is 25.4. The van der Waals surface area contributed by atoms with Crippen molar-refractivity contribution < 1.29 is 48.9 Å². The van der Waals surface area contributed by atoms with Crippen LogP contribution in [0.25, 0.3) is 0 Å². The maximum Gasteiger partial charge on any atom is 0.133 e. The minimum absolute atomic E-state index is 0.774. The highest BCUT2D eigenvalue weighted by Gasteiger charge is 2.07. The van der Waals surface area contributed by atoms with Gasteiger partial charge in [0.1, 0.15) is 59.1 Å². The lowest BCUT2D eigenvalue weighted by molar-refractivity contribution is -1.10. The van der Waals surface area contributed by atoms with Gasteiger partial charge in [0, 0.05) is 16.7 Å². The van der Waals surface area contributed by atoms with E-state index >= 15 is 0 Å². The largest absolute Gasteiger partial charge is 0.822 e. The number of nitrogens with one attached hydrogen (secondary N) is 3. The summed E-state index contributed by atoms with van der Waals surface area (Å²) in [5.41, 5.74) is 3.98. The van der Waals surface area contributed by atoms with E-state index in [1.165, 1.54) is 31.9 Å². The third-order valence-corrected chi connectivity index (χ3v) is 5.96. The van der Waals surface area contributed by atoms with Gasteiger partial charge in [-0.3, -0.25) is 0 Å². The van der Waals surface area contributed by atoms with Gasteiger partial charge in [-0.05, 0) is 41.5 Å². The minimum atomic E-state index is -5.39. The number of hydrogen-bond donors (Lipinski definition) is 3. The monoisotopic (exact) mass is 635 g/mol. The smallest absolute Gasteiger partial charge is 0.133 e. The topological polar surface area (TPSA) is 127 Å². The van der Waals surface area contributed by atoms with E-state index in [0.717, 1.165) is 59.1 Å². The Morgan fingerprint density at radius 1 is 0.477 bits per heavy atom. The van der Waals surface area contributed by atoms with Crippen LogP contribution >= 0.6 is 7.82 Å². The lowest BCUT2D eigenvalue weighted by atomic mass is 10.2. The van der Waals surface area contributed by atoms with Crippen LogP contribution in [-0.2, 0) is 38.7 Å². The first-order valence-corrected chi connectivity index (χ1v) is 16.8. The molecule has 0 spiro atoms. The van der Waals surface area contributed by atoms with Gasteiger partial charge < -0.3 is 19.2 Å². The molecule has 248 valence electrons. The molecule has 0 bridgehead atoms. The van der Waals surface area contributed by atoms with E-state index < -0.39 is 7.82 Å². The molecular weight excluding hydrogens is 581 g/mol. The Labute approximate surface area is 264 Å². The fraction of sp³-hybridized carbons (Fsp3) is 0.455. The quantitative estimate of drug-likeness (QED) is 0.162. The Morgan fingerprint density at radius 2 is 0.682 bits per heavy atom. The number of hydroxylamine groups is 6. The summed E-state index contributed by atoms with van der Waals surface area (Å²) in [5, 5.41) is 3.52. The Hall–Kier alpha value is -2.47. The van der Waals surface area contributed by atoms with Gasteiger partial charge in [0.2, 0.25) is 0 Å². The highest BCUT2D eigenvalue weighted by molar-refractivity contribution is 7.40. The number of rotatable bonds is 15. The number of quaternary nitrogens is 3. The SMILES string of the molecule is CCO[NH+](CC)Cc1ccccc1.CCO[NH+](CC)Cc1ccccc1.CCO[NH+](CC)Cc1ccccc1.O=P([O-])([O-])[O-]. The van der Waals surface area contributed by atoms with Crippen molar-refractivity contribution in [1.82, 2.24) is 0 Å². The van der Waals surface area contributed by atoms with Crippen molar-refractivity contribution in [3.63, 3.8) is 0 Å². The molecule has 0 amide bonds. The molecule has 0 heterocycles. The molecule has 11 heteroatoms. The lowest BCUT2D eigenvalue weighted by Gasteiger charge is -2.36. The van der Waals surface area contributed by atoms with Crippen molar-refractivity contribution in [2.24, 2.45) is 0 Å². The molecule has 0 aromatic heterocycles. The molecule has 3 aromatic rings. The average Bonchev–Trinajstić information content (AvgIpc) is 3.02. The second-order valence-electron chi connectivity index (χ2n) is 9.41. The molecule has 44 heavy (non-hydrogen) atoms. The molecule has 10 nitrogen and oxygen atoms in total. The maximum atomic E-state index is 8.55. The van der Waals surface area contributed by atoms with Crippen LogP contribution in [0.4, 0.5) is 0 Å². The number of phosphoric acid groups is 1. The molecule has 3 atom stereocenters. The van der Waals surface area contributed by atoms with Crippen LogP contribution in [0.3, 0.4) is 0 Å². The van der Waals surface area contributed by atoms with E-state index in [4.69, 9.17) is 33.8 Å². The third-order valence-electron chi connectivity index (χ3n) is 5.96. The van der Waals surface area contributed by atoms with E-state index in [0.29, 0.717) is 0 Å². The van der Waals surface area contributed by atoms with Gasteiger partial charge in [0.05, 0.1) is 0 Å². The van der Waals surface area contributed by atoms with Crippen LogP contribution in [0.15, 0.2) is 91.0 Å². The standard InChI is InChI=1S/3C11H17NO.H3O4P/c3*1-3-12(13-4-2)10-11-8-6-5-7-9-11;1-5(2,3)4/h3*5-9H,3-4,10H2,1-2H3;(H3,1,2,3,4). The fourth-order valence-electron chi connectivity index (χ4n) is 3.92. The van der Waals surface area contributed by atoms with Crippen LogP contribution in [0.5, 0.6) is 0 Å². The van der Waals surface area contributed by atoms with Crippen molar-refractivity contribution in [3.05, 3.63) is 108 Å². The van der Waals surface area contributed by atoms with Crippen molar-refractivity contribution >= 4 is 7.82 Å². The predicted octanol–water partition coefficient (Wildman–Crippen LogP) is 0.304. The first-order chi connectivity index (χ1) is 21.1. The highest BCUT2D eigenvalue weighted by atomic mass is 31.2. The van der Waals surface area contributed by atoms with Gasteiger partial charge in [-0.2, -0.15) is 23.0 Å². The first-order valence-electron chi connectivity index (χ1n) is 15.4. The maximum absolute atomic E-state index is 8.55. The summed E-state index contributed by atoms with van der Waals surface area (Å²) in [7, 11) is -5.39. The summed E-state index contributed by atoms with van der Waals surface area (Å²) in [6.45, 7) is 20.7. The summed E-state index contributed by atoms with van der Waals surface area (Å²) in [4.78, 5) is 42.2. The zero-order valence-corrected chi connectivity index (χ0v) is 28.2. The summed E-state index contributed by atoms with van der Waals surface area (Å²) in [6.07, 6.45) is 0.